The maximum absolute atomic E-state index is 14.0. The fourth-order valence-corrected chi connectivity index (χ4v) is 5.56. The Bertz CT molecular complexity index is 1370. The van der Waals surface area contributed by atoms with Crippen molar-refractivity contribution in [2.75, 3.05) is 12.4 Å². The van der Waals surface area contributed by atoms with Crippen molar-refractivity contribution in [2.24, 2.45) is 0 Å². The molecule has 35 heavy (non-hydrogen) atoms. The molecule has 0 radical (unpaired) electrons. The van der Waals surface area contributed by atoms with E-state index in [1.807, 2.05) is 29.2 Å². The zero-order valence-electron chi connectivity index (χ0n) is 19.9. The second kappa shape index (κ2) is 8.99. The first-order valence-electron chi connectivity index (χ1n) is 12.3. The van der Waals surface area contributed by atoms with Gasteiger partial charge in [0.05, 0.1) is 25.4 Å². The van der Waals surface area contributed by atoms with Crippen LogP contribution in [0.5, 0.6) is 5.75 Å². The molecule has 1 aliphatic heterocycles. The molecule has 1 atom stereocenters. The highest BCUT2D eigenvalue weighted by Gasteiger charge is 2.33. The van der Waals surface area contributed by atoms with Crippen LogP contribution in [0.25, 0.3) is 5.69 Å². The number of rotatable bonds is 3. The van der Waals surface area contributed by atoms with Gasteiger partial charge in [-0.1, -0.05) is 42.5 Å². The Morgan fingerprint density at radius 3 is 2.54 bits per heavy atom. The molecule has 0 saturated carbocycles. The van der Waals surface area contributed by atoms with E-state index in [1.165, 1.54) is 24.0 Å². The summed E-state index contributed by atoms with van der Waals surface area (Å²) in [6.45, 7) is 0.509. The van der Waals surface area contributed by atoms with Gasteiger partial charge >= 0.3 is 6.03 Å². The van der Waals surface area contributed by atoms with Gasteiger partial charge in [-0.25, -0.2) is 4.79 Å². The first-order valence-corrected chi connectivity index (χ1v) is 12.3. The van der Waals surface area contributed by atoms with Gasteiger partial charge < -0.3 is 19.5 Å². The van der Waals surface area contributed by atoms with Crippen molar-refractivity contribution in [1.82, 2.24) is 9.47 Å². The van der Waals surface area contributed by atoms with E-state index in [1.54, 1.807) is 7.11 Å². The Hall–Kier alpha value is -3.99. The monoisotopic (exact) mass is 463 g/mol. The lowest BCUT2D eigenvalue weighted by Crippen LogP contribution is -2.38. The molecular weight excluding hydrogens is 434 g/mol. The van der Waals surface area contributed by atoms with Gasteiger partial charge in [0.1, 0.15) is 5.75 Å². The molecule has 0 fully saturated rings. The lowest BCUT2D eigenvalue weighted by atomic mass is 9.90. The predicted molar refractivity (Wildman–Crippen MR) is 138 cm³/mol. The molecule has 1 aromatic heterocycles. The van der Waals surface area contributed by atoms with Crippen molar-refractivity contribution >= 4 is 11.7 Å². The maximum Gasteiger partial charge on any atom is 0.322 e. The third kappa shape index (κ3) is 3.87. The summed E-state index contributed by atoms with van der Waals surface area (Å²) in [5, 5.41) is 3.30. The molecule has 176 valence electrons. The minimum absolute atomic E-state index is 0.0887. The smallest absolute Gasteiger partial charge is 0.322 e. The van der Waals surface area contributed by atoms with Crippen molar-refractivity contribution in [3.63, 3.8) is 0 Å². The molecule has 1 N–H and O–H groups in total. The van der Waals surface area contributed by atoms with E-state index < -0.39 is 0 Å². The number of anilines is 1. The number of nitrogens with one attached hydrogen (secondary N) is 1. The van der Waals surface area contributed by atoms with Gasteiger partial charge in [0.25, 0.3) is 0 Å². The summed E-state index contributed by atoms with van der Waals surface area (Å²) in [6.07, 6.45) is 6.56. The summed E-state index contributed by atoms with van der Waals surface area (Å²) in [5.74, 6) is 0.799. The topological polar surface area (TPSA) is 46.5 Å². The number of benzene rings is 3. The number of methoxy groups -OCH3 is 1. The first-order chi connectivity index (χ1) is 17.2. The SMILES string of the molecule is COc1ccc([C@H]2c3cccn3-c3ccccc3CN2C(=O)Nc2cccc3c2CCCC3)cc1. The standard InChI is InChI=1S/C30H29N3O2/c1-35-24-17-15-22(16-18-24)29-28-14-7-19-32(28)27-13-5-3-9-23(27)20-33(29)30(34)31-26-12-6-10-21-8-2-4-11-25(21)26/h3,5-7,9-10,12-19,29H,2,4,8,11,20H2,1H3,(H,31,34)/t29-/m0/s1. The quantitative estimate of drug-likeness (QED) is 0.377. The van der Waals surface area contributed by atoms with Crippen LogP contribution in [0.1, 0.15) is 46.8 Å². The molecule has 0 bridgehead atoms. The Morgan fingerprint density at radius 2 is 1.69 bits per heavy atom. The van der Waals surface area contributed by atoms with Crippen molar-refractivity contribution in [1.29, 1.82) is 0 Å². The zero-order chi connectivity index (χ0) is 23.8. The van der Waals surface area contributed by atoms with Crippen LogP contribution >= 0.6 is 0 Å². The molecular formula is C30H29N3O2. The molecule has 1 aliphatic carbocycles. The number of amides is 2. The van der Waals surface area contributed by atoms with E-state index in [4.69, 9.17) is 4.74 Å². The lowest BCUT2D eigenvalue weighted by Gasteiger charge is -2.31. The summed E-state index contributed by atoms with van der Waals surface area (Å²) in [4.78, 5) is 16.0. The molecule has 2 aliphatic rings. The molecule has 4 aromatic rings. The second-order valence-corrected chi connectivity index (χ2v) is 9.32. The van der Waals surface area contributed by atoms with Crippen molar-refractivity contribution < 1.29 is 9.53 Å². The van der Waals surface area contributed by atoms with Gasteiger partial charge in [0, 0.05) is 17.6 Å². The highest BCUT2D eigenvalue weighted by Crippen LogP contribution is 2.38. The van der Waals surface area contributed by atoms with Crippen LogP contribution in [0, 0.1) is 0 Å². The predicted octanol–water partition coefficient (Wildman–Crippen LogP) is 6.50. The van der Waals surface area contributed by atoms with Crippen molar-refractivity contribution in [3.05, 3.63) is 113 Å². The van der Waals surface area contributed by atoms with Crippen molar-refractivity contribution in [3.8, 4) is 11.4 Å². The van der Waals surface area contributed by atoms with Gasteiger partial charge in [-0.2, -0.15) is 0 Å². The fraction of sp³-hybridized carbons (Fsp3) is 0.233. The first kappa shape index (κ1) is 21.5. The van der Waals surface area contributed by atoms with Crippen molar-refractivity contribution in [2.45, 2.75) is 38.3 Å². The number of hydrogen-bond donors (Lipinski definition) is 1. The maximum atomic E-state index is 14.0. The molecule has 6 rings (SSSR count). The minimum Gasteiger partial charge on any atom is -0.497 e. The number of aryl methyl sites for hydroxylation is 1. The van der Waals surface area contributed by atoms with E-state index >= 15 is 0 Å². The van der Waals surface area contributed by atoms with Gasteiger partial charge in [-0.05, 0) is 84.3 Å². The third-order valence-corrected chi connectivity index (χ3v) is 7.29. The molecule has 5 nitrogen and oxygen atoms in total. The molecule has 5 heteroatoms. The fourth-order valence-electron chi connectivity index (χ4n) is 5.56. The lowest BCUT2D eigenvalue weighted by molar-refractivity contribution is 0.194. The summed E-state index contributed by atoms with van der Waals surface area (Å²) in [7, 11) is 1.67. The van der Waals surface area contributed by atoms with Crippen LogP contribution in [-0.4, -0.2) is 22.6 Å². The summed E-state index contributed by atoms with van der Waals surface area (Å²) in [5.41, 5.74) is 7.91. The average molecular weight is 464 g/mol. The number of para-hydroxylation sites is 1. The van der Waals surface area contributed by atoms with Gasteiger partial charge in [-0.15, -0.1) is 0 Å². The largest absolute Gasteiger partial charge is 0.497 e. The van der Waals surface area contributed by atoms with E-state index in [0.29, 0.717) is 6.54 Å². The number of carbonyl (C=O) groups is 1. The number of fused-ring (bicyclic) bond motifs is 4. The summed E-state index contributed by atoms with van der Waals surface area (Å²) in [6, 6.07) is 26.5. The number of aromatic nitrogens is 1. The number of urea groups is 1. The van der Waals surface area contributed by atoms with Crippen LogP contribution in [0.3, 0.4) is 0 Å². The number of nitrogens with zero attached hydrogens (tertiary/aromatic N) is 2. The molecule has 0 spiro atoms. The number of ether oxygens (including phenoxy) is 1. The Balaban J connectivity index is 1.44. The van der Waals surface area contributed by atoms with Crippen LogP contribution in [0.2, 0.25) is 0 Å². The van der Waals surface area contributed by atoms with Crippen LogP contribution in [0.4, 0.5) is 10.5 Å². The van der Waals surface area contributed by atoms with Gasteiger partial charge in [0.2, 0.25) is 0 Å². The summed E-state index contributed by atoms with van der Waals surface area (Å²) >= 11 is 0. The minimum atomic E-state index is -0.247. The van der Waals surface area contributed by atoms with E-state index in [9.17, 15) is 4.79 Å². The second-order valence-electron chi connectivity index (χ2n) is 9.32. The van der Waals surface area contributed by atoms with E-state index in [-0.39, 0.29) is 12.1 Å². The number of carbonyl (C=O) groups excluding carboxylic acids is 1. The van der Waals surface area contributed by atoms with E-state index in [2.05, 4.69) is 70.7 Å². The highest BCUT2D eigenvalue weighted by atomic mass is 16.5. The number of hydrogen-bond acceptors (Lipinski definition) is 2. The van der Waals surface area contributed by atoms with Gasteiger partial charge in [-0.3, -0.25) is 0 Å². The molecule has 0 unspecified atom stereocenters. The highest BCUT2D eigenvalue weighted by molar-refractivity contribution is 5.91. The van der Waals surface area contributed by atoms with Crippen LogP contribution < -0.4 is 10.1 Å². The van der Waals surface area contributed by atoms with Crippen LogP contribution in [0.15, 0.2) is 85.1 Å². The molecule has 2 amide bonds. The van der Waals surface area contributed by atoms with E-state index in [0.717, 1.165) is 46.8 Å². The summed E-state index contributed by atoms with van der Waals surface area (Å²) < 4.78 is 7.60. The molecule has 0 saturated heterocycles. The molecule has 3 aromatic carbocycles. The Morgan fingerprint density at radius 1 is 0.886 bits per heavy atom. The average Bonchev–Trinajstić information content (AvgIpc) is 3.33. The van der Waals surface area contributed by atoms with Crippen LogP contribution in [-0.2, 0) is 19.4 Å². The zero-order valence-corrected chi connectivity index (χ0v) is 19.9. The Kier molecular flexibility index (Phi) is 5.53. The molecule has 2 heterocycles. The third-order valence-electron chi connectivity index (χ3n) is 7.29. The Labute approximate surface area is 206 Å². The normalized spacial score (nSPS) is 16.5. The van der Waals surface area contributed by atoms with Gasteiger partial charge in [0.15, 0.2) is 0 Å².